The molecule has 0 bridgehead atoms. The number of aliphatic hydroxyl groups excluding tert-OH is 1. The summed E-state index contributed by atoms with van der Waals surface area (Å²) < 4.78 is 0. The summed E-state index contributed by atoms with van der Waals surface area (Å²) in [5.41, 5.74) is 0.845. The van der Waals surface area contributed by atoms with E-state index >= 15 is 0 Å². The Morgan fingerprint density at radius 2 is 2.20 bits per heavy atom. The van der Waals surface area contributed by atoms with Crippen molar-refractivity contribution in [3.05, 3.63) is 21.4 Å². The molecule has 0 radical (unpaired) electrons. The fraction of sp³-hybridized carbons (Fsp3) is 0.667. The van der Waals surface area contributed by atoms with E-state index in [0.717, 1.165) is 23.4 Å². The van der Waals surface area contributed by atoms with Gasteiger partial charge in [-0.3, -0.25) is 9.69 Å². The molecule has 1 N–H and O–H groups in total. The van der Waals surface area contributed by atoms with E-state index in [0.29, 0.717) is 13.1 Å². The number of hydrogen-bond acceptors (Lipinski definition) is 5. The molecule has 1 saturated heterocycles. The van der Waals surface area contributed by atoms with E-state index in [1.54, 1.807) is 11.3 Å². The number of aryl methyl sites for hydroxylation is 2. The van der Waals surface area contributed by atoms with Gasteiger partial charge in [0.05, 0.1) is 12.6 Å². The Morgan fingerprint density at radius 1 is 1.50 bits per heavy atom. The lowest BCUT2D eigenvalue weighted by Crippen LogP contribution is -2.40. The van der Waals surface area contributed by atoms with Crippen LogP contribution in [0, 0.1) is 13.8 Å². The second-order valence-electron chi connectivity index (χ2n) is 5.99. The minimum atomic E-state index is -0.307. The van der Waals surface area contributed by atoms with E-state index in [9.17, 15) is 9.90 Å². The van der Waals surface area contributed by atoms with Crippen molar-refractivity contribution in [1.29, 1.82) is 0 Å². The lowest BCUT2D eigenvalue weighted by molar-refractivity contribution is 0.0902. The van der Waals surface area contributed by atoms with Gasteiger partial charge in [-0.2, -0.15) is 0 Å². The van der Waals surface area contributed by atoms with E-state index in [-0.39, 0.29) is 17.9 Å². The predicted octanol–water partition coefficient (Wildman–Crippen LogP) is 1.54. The SMILES string of the molecule is Cc1cc(C(=O)CN2CC(O)CC2CN(C)C)c(C)s1. The van der Waals surface area contributed by atoms with Gasteiger partial charge >= 0.3 is 0 Å². The monoisotopic (exact) mass is 296 g/mol. The Morgan fingerprint density at radius 3 is 2.75 bits per heavy atom. The Balaban J connectivity index is 2.04. The number of nitrogens with zero attached hydrogens (tertiary/aromatic N) is 2. The highest BCUT2D eigenvalue weighted by molar-refractivity contribution is 7.12. The third kappa shape index (κ3) is 3.67. The zero-order valence-electron chi connectivity index (χ0n) is 12.7. The Labute approximate surface area is 125 Å². The molecule has 2 atom stereocenters. The minimum absolute atomic E-state index is 0.171. The van der Waals surface area contributed by atoms with Gasteiger partial charge in [-0.15, -0.1) is 11.3 Å². The third-order valence-corrected chi connectivity index (χ3v) is 4.74. The maximum atomic E-state index is 12.4. The van der Waals surface area contributed by atoms with Gasteiger partial charge in [-0.1, -0.05) is 0 Å². The number of ketones is 1. The summed E-state index contributed by atoms with van der Waals surface area (Å²) in [7, 11) is 4.05. The average Bonchev–Trinajstić information content (AvgIpc) is 2.81. The van der Waals surface area contributed by atoms with Gasteiger partial charge in [0.2, 0.25) is 0 Å². The lowest BCUT2D eigenvalue weighted by Gasteiger charge is -2.25. The molecule has 0 aromatic carbocycles. The number of hydrogen-bond donors (Lipinski definition) is 1. The summed E-state index contributed by atoms with van der Waals surface area (Å²) in [4.78, 5) is 19.0. The maximum Gasteiger partial charge on any atom is 0.177 e. The molecule has 20 heavy (non-hydrogen) atoms. The molecular weight excluding hydrogens is 272 g/mol. The van der Waals surface area contributed by atoms with E-state index in [2.05, 4.69) is 9.80 Å². The van der Waals surface area contributed by atoms with Gasteiger partial charge in [-0.25, -0.2) is 0 Å². The topological polar surface area (TPSA) is 43.8 Å². The van der Waals surface area contributed by atoms with Crippen LogP contribution in [-0.4, -0.2) is 66.6 Å². The molecule has 0 aliphatic carbocycles. The number of rotatable bonds is 5. The van der Waals surface area contributed by atoms with Gasteiger partial charge in [0.15, 0.2) is 5.78 Å². The van der Waals surface area contributed by atoms with Crippen LogP contribution in [0.3, 0.4) is 0 Å². The van der Waals surface area contributed by atoms with Crippen molar-refractivity contribution in [2.24, 2.45) is 0 Å². The summed E-state index contributed by atoms with van der Waals surface area (Å²) in [6.07, 6.45) is 0.450. The number of aliphatic hydroxyl groups is 1. The lowest BCUT2D eigenvalue weighted by atomic mass is 10.1. The summed E-state index contributed by atoms with van der Waals surface area (Å²) in [5.74, 6) is 0.171. The van der Waals surface area contributed by atoms with Gasteiger partial charge in [0, 0.05) is 34.4 Å². The summed E-state index contributed by atoms with van der Waals surface area (Å²) >= 11 is 1.67. The van der Waals surface area contributed by atoms with Crippen molar-refractivity contribution in [3.63, 3.8) is 0 Å². The second kappa shape index (κ2) is 6.35. The Bertz CT molecular complexity index is 484. The molecule has 0 amide bonds. The highest BCUT2D eigenvalue weighted by Crippen LogP contribution is 2.23. The van der Waals surface area contributed by atoms with Crippen LogP contribution in [0.4, 0.5) is 0 Å². The smallest absolute Gasteiger partial charge is 0.177 e. The van der Waals surface area contributed by atoms with Crippen molar-refractivity contribution in [1.82, 2.24) is 9.80 Å². The number of β-amino-alcohol motifs (C(OH)–C–C–N with tert-alkyl or cyclic N) is 1. The maximum absolute atomic E-state index is 12.4. The molecule has 1 aromatic heterocycles. The number of likely N-dealkylation sites (tertiary alicyclic amines) is 1. The average molecular weight is 296 g/mol. The summed E-state index contributed by atoms with van der Waals surface area (Å²) in [6, 6.07) is 2.25. The van der Waals surface area contributed by atoms with Crippen LogP contribution in [0.1, 0.15) is 26.5 Å². The number of carbonyl (C=O) groups is 1. The van der Waals surface area contributed by atoms with Crippen LogP contribution < -0.4 is 0 Å². The fourth-order valence-corrected chi connectivity index (χ4v) is 3.88. The summed E-state index contributed by atoms with van der Waals surface area (Å²) in [6.45, 7) is 5.93. The molecule has 2 unspecified atom stereocenters. The largest absolute Gasteiger partial charge is 0.392 e. The number of carbonyl (C=O) groups excluding carboxylic acids is 1. The third-order valence-electron chi connectivity index (χ3n) is 3.77. The fourth-order valence-electron chi connectivity index (χ4n) is 2.94. The quantitative estimate of drug-likeness (QED) is 0.837. The molecule has 0 spiro atoms. The number of thiophene rings is 1. The zero-order chi connectivity index (χ0) is 14.9. The van der Waals surface area contributed by atoms with Gasteiger partial charge in [0.1, 0.15) is 0 Å². The molecule has 2 heterocycles. The first-order valence-electron chi connectivity index (χ1n) is 7.04. The second-order valence-corrected chi connectivity index (χ2v) is 7.45. The van der Waals surface area contributed by atoms with Crippen LogP contribution in [-0.2, 0) is 0 Å². The normalized spacial score (nSPS) is 23.7. The Kier molecular flexibility index (Phi) is 4.96. The van der Waals surface area contributed by atoms with Gasteiger partial charge in [0.25, 0.3) is 0 Å². The Hall–Kier alpha value is -0.750. The molecule has 4 nitrogen and oxygen atoms in total. The molecule has 2 rings (SSSR count). The van der Waals surface area contributed by atoms with Crippen LogP contribution in [0.25, 0.3) is 0 Å². The van der Waals surface area contributed by atoms with Crippen molar-refractivity contribution >= 4 is 17.1 Å². The first-order chi connectivity index (χ1) is 9.36. The minimum Gasteiger partial charge on any atom is -0.392 e. The highest BCUT2D eigenvalue weighted by Gasteiger charge is 2.32. The number of likely N-dealkylation sites (N-methyl/N-ethyl adjacent to an activating group) is 1. The van der Waals surface area contributed by atoms with Crippen LogP contribution in [0.2, 0.25) is 0 Å². The first-order valence-corrected chi connectivity index (χ1v) is 7.85. The summed E-state index contributed by atoms with van der Waals surface area (Å²) in [5, 5.41) is 9.86. The molecular formula is C15H24N2O2S. The molecule has 1 aliphatic heterocycles. The molecule has 1 fully saturated rings. The van der Waals surface area contributed by atoms with Gasteiger partial charge in [-0.05, 0) is 40.4 Å². The first kappa shape index (κ1) is 15.6. The van der Waals surface area contributed by atoms with E-state index in [4.69, 9.17) is 0 Å². The molecule has 5 heteroatoms. The predicted molar refractivity (Wildman–Crippen MR) is 82.7 cm³/mol. The van der Waals surface area contributed by atoms with Crippen LogP contribution in [0.15, 0.2) is 6.07 Å². The number of Topliss-reactive ketones (excluding diaryl/α,β-unsaturated/α-hetero) is 1. The van der Waals surface area contributed by atoms with Crippen molar-refractivity contribution < 1.29 is 9.90 Å². The van der Waals surface area contributed by atoms with Crippen molar-refractivity contribution in [3.8, 4) is 0 Å². The van der Waals surface area contributed by atoms with E-state index < -0.39 is 0 Å². The molecule has 112 valence electrons. The van der Waals surface area contributed by atoms with Gasteiger partial charge < -0.3 is 10.0 Å². The standard InChI is InChI=1S/C15H24N2O2S/c1-10-5-14(11(2)20-10)15(19)9-17-8-13(18)6-12(17)7-16(3)4/h5,12-13,18H,6-9H2,1-4H3. The van der Waals surface area contributed by atoms with Crippen LogP contribution >= 0.6 is 11.3 Å². The van der Waals surface area contributed by atoms with Crippen molar-refractivity contribution in [2.45, 2.75) is 32.4 Å². The molecule has 1 aliphatic rings. The van der Waals surface area contributed by atoms with Crippen molar-refractivity contribution in [2.75, 3.05) is 33.7 Å². The molecule has 1 aromatic rings. The van der Waals surface area contributed by atoms with Crippen LogP contribution in [0.5, 0.6) is 0 Å². The highest BCUT2D eigenvalue weighted by atomic mass is 32.1. The van der Waals surface area contributed by atoms with E-state index in [1.165, 1.54) is 4.88 Å². The molecule has 0 saturated carbocycles. The van der Waals surface area contributed by atoms with E-state index in [1.807, 2.05) is 34.0 Å². The zero-order valence-corrected chi connectivity index (χ0v) is 13.5.